The quantitative estimate of drug-likeness (QED) is 0.0217. The number of rotatable bonds is 54. The number of benzene rings is 2. The van der Waals surface area contributed by atoms with Crippen molar-refractivity contribution in [3.8, 4) is 23.0 Å². The summed E-state index contributed by atoms with van der Waals surface area (Å²) in [6, 6.07) is 0. The van der Waals surface area contributed by atoms with Crippen LogP contribution in [0.5, 0.6) is 23.0 Å². The largest absolute Gasteiger partial charge is 3.00 e. The van der Waals surface area contributed by atoms with Gasteiger partial charge in [-0.05, 0) is 116 Å². The number of hydrogen-bond donors (Lipinski definition) is 0. The summed E-state index contributed by atoms with van der Waals surface area (Å²) in [6.07, 6.45) is 80.4. The second kappa shape index (κ2) is 162. The van der Waals surface area contributed by atoms with Crippen molar-refractivity contribution < 1.29 is 165 Å². The smallest absolute Gasteiger partial charge is 2.00 e. The van der Waals surface area contributed by atoms with Crippen LogP contribution in [0.25, 0.3) is 0 Å². The van der Waals surface area contributed by atoms with E-state index >= 15 is 0 Å². The van der Waals surface area contributed by atoms with Gasteiger partial charge < -0.3 is 128 Å². The minimum absolute atomic E-state index is 0. The van der Waals surface area contributed by atoms with Gasteiger partial charge in [-0.1, -0.05) is 356 Å². The SMILES string of the molecule is CCCC[PH+](CCCC)CCCC.CCCC[PH+](CCCC)CCCC.CCCC[PH+](CCCC)CCCC.CCCC[PH+](CCCC)CCCC.CCCC[PH+](CCCC)CCCC.CCCC[PH+](CCCC)CCCC.ClCCl.ClCCl.[Fe+2].[Fe+2].[Fe+2].[Fe+3].[Fe+3].[Fe+3].[Mo+2].[Mo+3].[O-]c1c([O-])c(Cl)c(Cl)c(Cl)c1Cl.[O-]c1c([O-])c(Cl)c(Cl)c(Cl)c1Cl.[S-2].[S-2].[S-2].[S-2].[S-2].[S-2].[S-2].[S-2]. The van der Waals surface area contributed by atoms with Crippen molar-refractivity contribution in [3.05, 3.63) is 40.2 Å². The fourth-order valence-corrected chi connectivity index (χ4v) is 32.6. The average molecular weight is 2670 g/mol. The number of unbranched alkanes of at least 4 members (excludes halogenated alkanes) is 18. The van der Waals surface area contributed by atoms with Crippen molar-refractivity contribution in [1.82, 2.24) is 0 Å². The van der Waals surface area contributed by atoms with Crippen LogP contribution in [-0.2, 0) is 253 Å². The summed E-state index contributed by atoms with van der Waals surface area (Å²) in [5.41, 5.74) is 0. The van der Waals surface area contributed by atoms with E-state index < -0.39 is 43.1 Å². The van der Waals surface area contributed by atoms with E-state index in [2.05, 4.69) is 125 Å². The molecular formula is C86H172Cl12Fe6Mo2O4P6S8+6. The van der Waals surface area contributed by atoms with Gasteiger partial charge in [0.25, 0.3) is 0 Å². The summed E-state index contributed by atoms with van der Waals surface area (Å²) >= 11 is 62.4. The van der Waals surface area contributed by atoms with E-state index in [0.29, 0.717) is 0 Å². The van der Waals surface area contributed by atoms with Gasteiger partial charge in [0.05, 0.1) is 162 Å². The topological polar surface area (TPSA) is 92.2 Å². The van der Waals surface area contributed by atoms with Crippen molar-refractivity contribution in [2.45, 2.75) is 356 Å². The molecule has 124 heavy (non-hydrogen) atoms. The van der Waals surface area contributed by atoms with Gasteiger partial charge in [-0.25, -0.2) is 0 Å². The Morgan fingerprint density at radius 3 is 0.282 bits per heavy atom. The third-order valence-corrected chi connectivity index (χ3v) is 40.9. The molecule has 0 heterocycles. The first-order valence-corrected chi connectivity index (χ1v) is 61.4. The Hall–Kier alpha value is 11.0. The Morgan fingerprint density at radius 2 is 0.234 bits per heavy atom. The minimum Gasteiger partial charge on any atom is -2.00 e. The molecule has 38 heteroatoms. The van der Waals surface area contributed by atoms with Gasteiger partial charge in [0, 0.05) is 47.5 Å². The predicted octanol–water partition coefficient (Wildman–Crippen LogP) is 35.3. The molecule has 2 aromatic rings. The standard InChI is InChI=1S/6C12H27P.2C6H2Cl4O2.2CH2Cl2.6Fe.2Mo.8S/c6*1-4-7-10-13(11-8-5-2)12-9-6-3;2*7-1-2(8)4(10)6(12)5(11)3(1)9;2*2-1-3;;;;;;;;;;;;;;;;/h6*4-12H2,1-3H3;2*11-12H;2*1H2;;;;;;;;;;;;;;;;/q;;;;;;;;;;3*+2;3*+3;+2;+3;8*-2/p+2. The van der Waals surface area contributed by atoms with Crippen LogP contribution in [0.1, 0.15) is 356 Å². The molecule has 4 nitrogen and oxygen atoms in total. The molecule has 0 unspecified atom stereocenters. The van der Waals surface area contributed by atoms with E-state index in [4.69, 9.17) is 139 Å². The molecule has 0 saturated heterocycles. The molecule has 0 spiro atoms. The van der Waals surface area contributed by atoms with Crippen molar-refractivity contribution in [3.63, 3.8) is 0 Å². The summed E-state index contributed by atoms with van der Waals surface area (Å²) < 4.78 is 0. The summed E-state index contributed by atoms with van der Waals surface area (Å²) in [6.45, 7) is 41.7. The summed E-state index contributed by atoms with van der Waals surface area (Å²) in [5, 5.41) is 41.6. The zero-order chi connectivity index (χ0) is 84.0. The maximum atomic E-state index is 10.9. The van der Waals surface area contributed by atoms with Crippen molar-refractivity contribution in [2.75, 3.05) is 122 Å². The first-order valence-electron chi connectivity index (χ1n) is 43.5. The van der Waals surface area contributed by atoms with Gasteiger partial charge in [0.15, 0.2) is 0 Å². The molecule has 0 bridgehead atoms. The van der Waals surface area contributed by atoms with Gasteiger partial charge in [-0.15, -0.1) is 46.4 Å². The molecule has 4 radical (unpaired) electrons. The monoisotopic (exact) mass is 2660 g/mol. The van der Waals surface area contributed by atoms with Crippen LogP contribution in [0.4, 0.5) is 0 Å². The Balaban J connectivity index is -0.0000000407. The van der Waals surface area contributed by atoms with Crippen LogP contribution >= 0.6 is 187 Å². The molecule has 2 aromatic carbocycles. The van der Waals surface area contributed by atoms with Crippen LogP contribution < -0.4 is 20.4 Å². The van der Waals surface area contributed by atoms with Crippen molar-refractivity contribution in [1.29, 1.82) is 0 Å². The van der Waals surface area contributed by atoms with E-state index in [1.54, 1.807) is 111 Å². The first kappa shape index (κ1) is 197. The molecule has 0 fully saturated rings. The Kier molecular flexibility index (Phi) is 257. The van der Waals surface area contributed by atoms with E-state index in [0.717, 1.165) is 0 Å². The predicted molar refractivity (Wildman–Crippen MR) is 589 cm³/mol. The fourth-order valence-electron chi connectivity index (χ4n) is 11.1. The Morgan fingerprint density at radius 1 is 0.177 bits per heavy atom. The summed E-state index contributed by atoms with van der Waals surface area (Å²) in [5.74, 6) is -3.74. The maximum absolute atomic E-state index is 10.9. The Bertz CT molecular complexity index is 1600. The molecule has 0 saturated carbocycles. The molecule has 0 aliphatic rings. The van der Waals surface area contributed by atoms with Crippen LogP contribution in [0.3, 0.4) is 0 Å². The van der Waals surface area contributed by atoms with Crippen molar-refractivity contribution in [2.24, 2.45) is 0 Å². The molecule has 0 aliphatic carbocycles. The molecule has 0 aliphatic heterocycles. The molecule has 0 amide bonds. The molecule has 756 valence electrons. The van der Waals surface area contributed by atoms with Crippen LogP contribution in [0.2, 0.25) is 40.2 Å². The van der Waals surface area contributed by atoms with Gasteiger partial charge in [0.1, 0.15) is 0 Å². The van der Waals surface area contributed by atoms with Gasteiger partial charge in [-0.3, -0.25) is 0 Å². The third kappa shape index (κ3) is 135. The number of alkyl halides is 4. The van der Waals surface area contributed by atoms with E-state index in [1.165, 1.54) is 231 Å². The van der Waals surface area contributed by atoms with E-state index in [1.807, 2.05) is 0 Å². The second-order valence-electron chi connectivity index (χ2n) is 28.4. The summed E-state index contributed by atoms with van der Waals surface area (Å²) in [7, 11) is 0.405. The van der Waals surface area contributed by atoms with Gasteiger partial charge in [0.2, 0.25) is 0 Å². The van der Waals surface area contributed by atoms with Gasteiger partial charge in [-0.2, -0.15) is 0 Å². The van der Waals surface area contributed by atoms with Gasteiger partial charge >= 0.3 is 145 Å². The molecule has 0 N–H and O–H groups in total. The molecule has 0 atom stereocenters. The van der Waals surface area contributed by atoms with E-state index in [9.17, 15) is 20.4 Å². The van der Waals surface area contributed by atoms with E-state index in [-0.39, 0.29) is 331 Å². The second-order valence-corrected chi connectivity index (χ2v) is 51.0. The fraction of sp³-hybridized carbons (Fsp3) is 0.860. The molecule has 2 rings (SSSR count). The number of halogens is 12. The van der Waals surface area contributed by atoms with Crippen LogP contribution in [0.15, 0.2) is 0 Å². The number of hydrogen-bond acceptors (Lipinski definition) is 4. The molecular weight excluding hydrogens is 2490 g/mol. The zero-order valence-corrected chi connectivity index (χ0v) is 111. The van der Waals surface area contributed by atoms with Crippen molar-refractivity contribution >= 4 is 295 Å². The zero-order valence-electron chi connectivity index (χ0n) is 79.0. The first-order chi connectivity index (χ1) is 51.8. The summed E-state index contributed by atoms with van der Waals surface area (Å²) in [4.78, 5) is 0. The van der Waals surface area contributed by atoms with Crippen LogP contribution in [-0.4, -0.2) is 122 Å². The Labute approximate surface area is 986 Å². The normalized spacial score (nSPS) is 9.26. The third-order valence-electron chi connectivity index (χ3n) is 18.3. The maximum Gasteiger partial charge on any atom is 3.00 e. The average Bonchev–Trinajstić information content (AvgIpc) is 0.817. The molecule has 0 aromatic heterocycles. The minimum atomic E-state index is -0.934. The van der Waals surface area contributed by atoms with Crippen LogP contribution in [0, 0.1) is 0 Å².